The van der Waals surface area contributed by atoms with Gasteiger partial charge in [-0.1, -0.05) is 30.3 Å². The molecule has 23 heavy (non-hydrogen) atoms. The maximum Gasteiger partial charge on any atom is 0.244 e. The van der Waals surface area contributed by atoms with Gasteiger partial charge in [-0.25, -0.2) is 0 Å². The van der Waals surface area contributed by atoms with Gasteiger partial charge in [-0.15, -0.1) is 24.8 Å². The summed E-state index contributed by atoms with van der Waals surface area (Å²) in [6, 6.07) is 9.11. The molecule has 3 atom stereocenters. The normalized spacial score (nSPS) is 20.9. The van der Waals surface area contributed by atoms with E-state index in [1.54, 1.807) is 6.92 Å². The van der Waals surface area contributed by atoms with E-state index in [4.69, 9.17) is 5.73 Å². The van der Waals surface area contributed by atoms with Crippen molar-refractivity contribution in [2.45, 2.75) is 32.0 Å². The Kier molecular flexibility index (Phi) is 9.73. The number of nitrogens with two attached hydrogens (primary N) is 1. The Labute approximate surface area is 150 Å². The number of benzene rings is 1. The zero-order valence-electron chi connectivity index (χ0n) is 13.6. The van der Waals surface area contributed by atoms with E-state index < -0.39 is 6.04 Å². The van der Waals surface area contributed by atoms with Crippen LogP contribution in [0.3, 0.4) is 0 Å². The quantitative estimate of drug-likeness (QED) is 0.849. The highest BCUT2D eigenvalue weighted by atomic mass is 35.5. The molecule has 1 aromatic carbocycles. The number of aliphatic hydroxyl groups excluding tert-OH is 1. The maximum atomic E-state index is 12.5. The lowest BCUT2D eigenvalue weighted by Crippen LogP contribution is -2.56. The third kappa shape index (κ3) is 5.94. The average molecular weight is 364 g/mol. The highest BCUT2D eigenvalue weighted by Gasteiger charge is 2.30. The highest BCUT2D eigenvalue weighted by Crippen LogP contribution is 2.17. The van der Waals surface area contributed by atoms with E-state index in [9.17, 15) is 9.90 Å². The molecule has 3 N–H and O–H groups in total. The molecule has 7 heteroatoms. The molecule has 1 heterocycles. The molecule has 0 bridgehead atoms. The number of nitrogens with zero attached hydrogens (tertiary/aromatic N) is 2. The summed E-state index contributed by atoms with van der Waals surface area (Å²) in [6.45, 7) is 6.61. The van der Waals surface area contributed by atoms with Crippen LogP contribution in [0.15, 0.2) is 30.3 Å². The summed E-state index contributed by atoms with van der Waals surface area (Å²) in [6.07, 6.45) is -0.346. The molecule has 3 unspecified atom stereocenters. The van der Waals surface area contributed by atoms with E-state index in [0.29, 0.717) is 19.6 Å². The minimum atomic E-state index is -0.596. The summed E-state index contributed by atoms with van der Waals surface area (Å²) in [5.74, 6) is -0.0234. The van der Waals surface area contributed by atoms with Gasteiger partial charge in [-0.3, -0.25) is 9.69 Å². The van der Waals surface area contributed by atoms with Crippen LogP contribution in [0.2, 0.25) is 0 Å². The van der Waals surface area contributed by atoms with Gasteiger partial charge in [0.1, 0.15) is 6.04 Å². The summed E-state index contributed by atoms with van der Waals surface area (Å²) in [5, 5.41) is 9.49. The molecule has 1 fully saturated rings. The standard InChI is InChI=1S/C16H25N3O2.2ClH/c1-12-10-19(9-8-18(12)11-13(2)20)16(21)15(17)14-6-4-3-5-7-14;;/h3-7,12-13,15,20H,8-11,17H2,1-2H3;2*1H. The van der Waals surface area contributed by atoms with Gasteiger partial charge in [0, 0.05) is 32.2 Å². The van der Waals surface area contributed by atoms with Crippen LogP contribution < -0.4 is 5.73 Å². The molecule has 0 aromatic heterocycles. The number of amides is 1. The number of carbonyl (C=O) groups is 1. The largest absolute Gasteiger partial charge is 0.392 e. The Morgan fingerprint density at radius 1 is 1.30 bits per heavy atom. The second kappa shape index (κ2) is 10.1. The number of aliphatic hydroxyl groups is 1. The van der Waals surface area contributed by atoms with E-state index in [1.165, 1.54) is 0 Å². The first-order valence-electron chi connectivity index (χ1n) is 7.50. The molecule has 1 aliphatic heterocycles. The predicted octanol–water partition coefficient (Wildman–Crippen LogP) is 1.44. The monoisotopic (exact) mass is 363 g/mol. The molecule has 5 nitrogen and oxygen atoms in total. The van der Waals surface area contributed by atoms with E-state index in [0.717, 1.165) is 12.1 Å². The minimum absolute atomic E-state index is 0. The van der Waals surface area contributed by atoms with Crippen LogP contribution in [0.25, 0.3) is 0 Å². The van der Waals surface area contributed by atoms with Crippen LogP contribution in [-0.2, 0) is 4.79 Å². The fourth-order valence-electron chi connectivity index (χ4n) is 2.81. The molecule has 0 aliphatic carbocycles. The van der Waals surface area contributed by atoms with Crippen LogP contribution in [0.5, 0.6) is 0 Å². The SMILES string of the molecule is CC(O)CN1CCN(C(=O)C(N)c2ccccc2)CC1C.Cl.Cl. The number of carbonyl (C=O) groups excluding carboxylic acids is 1. The van der Waals surface area contributed by atoms with E-state index in [2.05, 4.69) is 11.8 Å². The van der Waals surface area contributed by atoms with Crippen molar-refractivity contribution in [1.29, 1.82) is 0 Å². The number of piperazine rings is 1. The number of β-amino-alcohol motifs (C(OH)–C–C–N with tert-alkyl or cyclic N) is 1. The molecule has 2 rings (SSSR count). The third-order valence-corrected chi connectivity index (χ3v) is 4.00. The number of halogens is 2. The lowest BCUT2D eigenvalue weighted by molar-refractivity contribution is -0.135. The van der Waals surface area contributed by atoms with Gasteiger partial charge in [0.15, 0.2) is 0 Å². The summed E-state index contributed by atoms with van der Waals surface area (Å²) in [7, 11) is 0. The minimum Gasteiger partial charge on any atom is -0.392 e. The first-order chi connectivity index (χ1) is 9.99. The van der Waals surface area contributed by atoms with Gasteiger partial charge in [0.05, 0.1) is 6.10 Å². The van der Waals surface area contributed by atoms with Crippen LogP contribution >= 0.6 is 24.8 Å². The van der Waals surface area contributed by atoms with Gasteiger partial charge in [-0.2, -0.15) is 0 Å². The molecule has 0 spiro atoms. The summed E-state index contributed by atoms with van der Waals surface area (Å²) in [4.78, 5) is 16.6. The highest BCUT2D eigenvalue weighted by molar-refractivity contribution is 5.85. The van der Waals surface area contributed by atoms with Crippen molar-refractivity contribution in [3.63, 3.8) is 0 Å². The van der Waals surface area contributed by atoms with Crippen LogP contribution in [0.4, 0.5) is 0 Å². The van der Waals surface area contributed by atoms with Crippen molar-refractivity contribution >= 4 is 30.7 Å². The Morgan fingerprint density at radius 3 is 2.43 bits per heavy atom. The van der Waals surface area contributed by atoms with Crippen LogP contribution in [-0.4, -0.2) is 59.1 Å². The van der Waals surface area contributed by atoms with E-state index in [1.807, 2.05) is 35.2 Å². The first kappa shape index (κ1) is 22.1. The second-order valence-corrected chi connectivity index (χ2v) is 5.87. The fourth-order valence-corrected chi connectivity index (χ4v) is 2.81. The smallest absolute Gasteiger partial charge is 0.244 e. The van der Waals surface area contributed by atoms with Crippen molar-refractivity contribution < 1.29 is 9.90 Å². The lowest BCUT2D eigenvalue weighted by atomic mass is 10.1. The number of hydrogen-bond acceptors (Lipinski definition) is 4. The third-order valence-electron chi connectivity index (χ3n) is 4.00. The Morgan fingerprint density at radius 2 is 1.91 bits per heavy atom. The summed E-state index contributed by atoms with van der Waals surface area (Å²) < 4.78 is 0. The predicted molar refractivity (Wildman–Crippen MR) is 97.2 cm³/mol. The Hall–Kier alpha value is -0.850. The zero-order valence-corrected chi connectivity index (χ0v) is 15.2. The van der Waals surface area contributed by atoms with Gasteiger partial charge in [0.25, 0.3) is 0 Å². The van der Waals surface area contributed by atoms with E-state index in [-0.39, 0.29) is 42.9 Å². The topological polar surface area (TPSA) is 69.8 Å². The van der Waals surface area contributed by atoms with Crippen LogP contribution in [0, 0.1) is 0 Å². The molecule has 132 valence electrons. The first-order valence-corrected chi connectivity index (χ1v) is 7.50. The van der Waals surface area contributed by atoms with Crippen LogP contribution in [0.1, 0.15) is 25.5 Å². The van der Waals surface area contributed by atoms with Crippen molar-refractivity contribution in [2.24, 2.45) is 5.73 Å². The zero-order chi connectivity index (χ0) is 15.4. The summed E-state index contributed by atoms with van der Waals surface area (Å²) >= 11 is 0. The molecule has 1 amide bonds. The summed E-state index contributed by atoms with van der Waals surface area (Å²) in [5.41, 5.74) is 6.93. The number of rotatable bonds is 4. The number of hydrogen-bond donors (Lipinski definition) is 2. The Balaban J connectivity index is 0.00000242. The molecule has 1 saturated heterocycles. The molecule has 1 aromatic rings. The van der Waals surface area contributed by atoms with Crippen molar-refractivity contribution in [3.05, 3.63) is 35.9 Å². The lowest BCUT2D eigenvalue weighted by Gasteiger charge is -2.41. The molecule has 1 aliphatic rings. The van der Waals surface area contributed by atoms with Gasteiger partial charge in [0.2, 0.25) is 5.91 Å². The van der Waals surface area contributed by atoms with Crippen molar-refractivity contribution in [2.75, 3.05) is 26.2 Å². The van der Waals surface area contributed by atoms with Gasteiger partial charge < -0.3 is 15.7 Å². The fraction of sp³-hybridized carbons (Fsp3) is 0.562. The van der Waals surface area contributed by atoms with E-state index >= 15 is 0 Å². The maximum absolute atomic E-state index is 12.5. The Bertz CT molecular complexity index is 474. The second-order valence-electron chi connectivity index (χ2n) is 5.87. The molecular weight excluding hydrogens is 337 g/mol. The molecular formula is C16H27Cl2N3O2. The van der Waals surface area contributed by atoms with Gasteiger partial charge >= 0.3 is 0 Å². The van der Waals surface area contributed by atoms with Crippen molar-refractivity contribution in [3.8, 4) is 0 Å². The molecule has 0 radical (unpaired) electrons. The van der Waals surface area contributed by atoms with Crippen molar-refractivity contribution in [1.82, 2.24) is 9.80 Å². The average Bonchev–Trinajstić information content (AvgIpc) is 2.48. The molecule has 0 saturated carbocycles. The van der Waals surface area contributed by atoms with Gasteiger partial charge in [-0.05, 0) is 19.4 Å².